The molecule has 1 amide bonds. The number of piperidine rings is 1. The third-order valence-corrected chi connectivity index (χ3v) is 4.78. The molecule has 0 atom stereocenters. The molecule has 0 radical (unpaired) electrons. The molecule has 0 aromatic rings. The van der Waals surface area contributed by atoms with E-state index in [-0.39, 0.29) is 24.8 Å². The second-order valence-corrected chi connectivity index (χ2v) is 6.38. The van der Waals surface area contributed by atoms with Crippen LogP contribution in [-0.4, -0.2) is 61.5 Å². The van der Waals surface area contributed by atoms with Gasteiger partial charge in [0, 0.05) is 19.6 Å². The van der Waals surface area contributed by atoms with Crippen molar-refractivity contribution in [1.82, 2.24) is 15.1 Å². The Bertz CT molecular complexity index is 302. The molecular weight excluding hydrogens is 321 g/mol. The number of carbonyl (C=O) groups is 1. The van der Waals surface area contributed by atoms with E-state index in [1.807, 2.05) is 0 Å². The number of carbonyl (C=O) groups excluding carboxylic acids is 1. The van der Waals surface area contributed by atoms with Gasteiger partial charge >= 0.3 is 0 Å². The molecule has 0 aromatic heterocycles. The number of nitrogens with zero attached hydrogens (tertiary/aromatic N) is 2. The zero-order valence-corrected chi connectivity index (χ0v) is 15.7. The average Bonchev–Trinajstić information content (AvgIpc) is 3.29. The van der Waals surface area contributed by atoms with E-state index in [9.17, 15) is 4.79 Å². The van der Waals surface area contributed by atoms with Crippen LogP contribution in [0.4, 0.5) is 0 Å². The summed E-state index contributed by atoms with van der Waals surface area (Å²) >= 11 is 0. The summed E-state index contributed by atoms with van der Waals surface area (Å²) in [5, 5.41) is 3.31. The normalized spacial score (nSPS) is 18.8. The van der Waals surface area contributed by atoms with Gasteiger partial charge in [0.05, 0.1) is 6.54 Å². The minimum atomic E-state index is 0. The SMILES string of the molecule is CCN(CC)CC1CCN(C(=O)CNCC2CC2)CC1.Cl.Cl. The standard InChI is InChI=1S/C16H31N3O.2ClH/c1-3-18(4-2)13-15-7-9-19(10-8-15)16(20)12-17-11-14-5-6-14;;/h14-15,17H,3-13H2,1-2H3;2*1H. The van der Waals surface area contributed by atoms with E-state index in [1.54, 1.807) is 0 Å². The van der Waals surface area contributed by atoms with Crippen LogP contribution in [0.15, 0.2) is 0 Å². The molecule has 0 unspecified atom stereocenters. The lowest BCUT2D eigenvalue weighted by atomic mass is 9.96. The molecule has 2 fully saturated rings. The van der Waals surface area contributed by atoms with Gasteiger partial charge in [0.25, 0.3) is 0 Å². The highest BCUT2D eigenvalue weighted by Gasteiger charge is 2.24. The zero-order chi connectivity index (χ0) is 14.4. The van der Waals surface area contributed by atoms with Gasteiger partial charge in [-0.3, -0.25) is 4.79 Å². The summed E-state index contributed by atoms with van der Waals surface area (Å²) in [6.45, 7) is 11.4. The molecule has 1 aliphatic carbocycles. The highest BCUT2D eigenvalue weighted by atomic mass is 35.5. The monoisotopic (exact) mass is 353 g/mol. The lowest BCUT2D eigenvalue weighted by Gasteiger charge is -2.34. The van der Waals surface area contributed by atoms with Crippen LogP contribution in [0, 0.1) is 11.8 Å². The molecule has 6 heteroatoms. The minimum Gasteiger partial charge on any atom is -0.342 e. The second-order valence-electron chi connectivity index (χ2n) is 6.38. The Morgan fingerprint density at radius 1 is 1.05 bits per heavy atom. The number of halogens is 2. The average molecular weight is 354 g/mol. The summed E-state index contributed by atoms with van der Waals surface area (Å²) in [6.07, 6.45) is 5.03. The lowest BCUT2D eigenvalue weighted by Crippen LogP contribution is -2.45. The summed E-state index contributed by atoms with van der Waals surface area (Å²) in [6, 6.07) is 0. The van der Waals surface area contributed by atoms with Crippen LogP contribution in [-0.2, 0) is 4.79 Å². The van der Waals surface area contributed by atoms with Crippen molar-refractivity contribution in [3.63, 3.8) is 0 Å². The van der Waals surface area contributed by atoms with Gasteiger partial charge in [-0.2, -0.15) is 0 Å². The molecule has 1 N–H and O–H groups in total. The topological polar surface area (TPSA) is 35.6 Å². The molecule has 1 saturated carbocycles. The predicted molar refractivity (Wildman–Crippen MR) is 97.2 cm³/mol. The van der Waals surface area contributed by atoms with E-state index < -0.39 is 0 Å². The summed E-state index contributed by atoms with van der Waals surface area (Å²) < 4.78 is 0. The third-order valence-electron chi connectivity index (χ3n) is 4.78. The van der Waals surface area contributed by atoms with Gasteiger partial charge in [-0.15, -0.1) is 24.8 Å². The molecule has 1 aliphatic heterocycles. The van der Waals surface area contributed by atoms with Crippen molar-refractivity contribution in [2.45, 2.75) is 39.5 Å². The number of nitrogens with one attached hydrogen (secondary N) is 1. The Morgan fingerprint density at radius 3 is 2.14 bits per heavy atom. The molecule has 0 spiro atoms. The first kappa shape index (κ1) is 22.0. The van der Waals surface area contributed by atoms with Crippen molar-refractivity contribution in [3.05, 3.63) is 0 Å². The van der Waals surface area contributed by atoms with Crippen LogP contribution >= 0.6 is 24.8 Å². The van der Waals surface area contributed by atoms with E-state index in [4.69, 9.17) is 0 Å². The van der Waals surface area contributed by atoms with Crippen LogP contribution in [0.2, 0.25) is 0 Å². The predicted octanol–water partition coefficient (Wildman–Crippen LogP) is 2.41. The summed E-state index contributed by atoms with van der Waals surface area (Å²) in [7, 11) is 0. The smallest absolute Gasteiger partial charge is 0.236 e. The highest BCUT2D eigenvalue weighted by molar-refractivity contribution is 5.85. The summed E-state index contributed by atoms with van der Waals surface area (Å²) in [5.74, 6) is 1.92. The van der Waals surface area contributed by atoms with E-state index in [0.717, 1.165) is 44.6 Å². The lowest BCUT2D eigenvalue weighted by molar-refractivity contribution is -0.131. The first-order valence-electron chi connectivity index (χ1n) is 8.43. The number of amides is 1. The number of likely N-dealkylation sites (tertiary alicyclic amines) is 1. The van der Waals surface area contributed by atoms with Crippen LogP contribution in [0.25, 0.3) is 0 Å². The van der Waals surface area contributed by atoms with Crippen LogP contribution in [0.5, 0.6) is 0 Å². The Labute approximate surface area is 148 Å². The van der Waals surface area contributed by atoms with Crippen LogP contribution in [0.1, 0.15) is 39.5 Å². The van der Waals surface area contributed by atoms with Crippen molar-refractivity contribution in [1.29, 1.82) is 0 Å². The second kappa shape index (κ2) is 11.5. The molecule has 22 heavy (non-hydrogen) atoms. The molecule has 1 saturated heterocycles. The Hall–Kier alpha value is -0.0300. The fourth-order valence-electron chi connectivity index (χ4n) is 3.03. The first-order chi connectivity index (χ1) is 9.72. The molecule has 4 nitrogen and oxygen atoms in total. The molecule has 2 rings (SSSR count). The number of hydrogen-bond acceptors (Lipinski definition) is 3. The maximum Gasteiger partial charge on any atom is 0.236 e. The molecular formula is C16H33Cl2N3O. The van der Waals surface area contributed by atoms with Gasteiger partial charge in [-0.05, 0) is 57.2 Å². The van der Waals surface area contributed by atoms with E-state index in [1.165, 1.54) is 32.2 Å². The van der Waals surface area contributed by atoms with Gasteiger partial charge in [-0.25, -0.2) is 0 Å². The minimum absolute atomic E-state index is 0. The van der Waals surface area contributed by atoms with Gasteiger partial charge in [0.2, 0.25) is 5.91 Å². The quantitative estimate of drug-likeness (QED) is 0.727. The van der Waals surface area contributed by atoms with Gasteiger partial charge in [-0.1, -0.05) is 13.8 Å². The van der Waals surface area contributed by atoms with Gasteiger partial charge < -0.3 is 15.1 Å². The maximum absolute atomic E-state index is 12.1. The van der Waals surface area contributed by atoms with Crippen molar-refractivity contribution < 1.29 is 4.79 Å². The van der Waals surface area contributed by atoms with Crippen LogP contribution < -0.4 is 5.32 Å². The largest absolute Gasteiger partial charge is 0.342 e. The van der Waals surface area contributed by atoms with Crippen molar-refractivity contribution in [2.24, 2.45) is 11.8 Å². The molecule has 0 aromatic carbocycles. The molecule has 132 valence electrons. The van der Waals surface area contributed by atoms with E-state index in [0.29, 0.717) is 12.5 Å². The van der Waals surface area contributed by atoms with Crippen molar-refractivity contribution in [2.75, 3.05) is 45.8 Å². The highest BCUT2D eigenvalue weighted by Crippen LogP contribution is 2.27. The first-order valence-corrected chi connectivity index (χ1v) is 8.43. The van der Waals surface area contributed by atoms with Crippen LogP contribution in [0.3, 0.4) is 0 Å². The van der Waals surface area contributed by atoms with Gasteiger partial charge in [0.15, 0.2) is 0 Å². The molecule has 1 heterocycles. The van der Waals surface area contributed by atoms with Crippen molar-refractivity contribution in [3.8, 4) is 0 Å². The molecule has 2 aliphatic rings. The fraction of sp³-hybridized carbons (Fsp3) is 0.938. The van der Waals surface area contributed by atoms with E-state index in [2.05, 4.69) is 29.0 Å². The van der Waals surface area contributed by atoms with E-state index >= 15 is 0 Å². The Balaban J connectivity index is 0.00000220. The van der Waals surface area contributed by atoms with Crippen molar-refractivity contribution >= 4 is 30.7 Å². The number of hydrogen-bond donors (Lipinski definition) is 1. The Kier molecular flexibility index (Phi) is 11.5. The van der Waals surface area contributed by atoms with Gasteiger partial charge in [0.1, 0.15) is 0 Å². The Morgan fingerprint density at radius 2 is 1.64 bits per heavy atom. The maximum atomic E-state index is 12.1. The summed E-state index contributed by atoms with van der Waals surface area (Å²) in [5.41, 5.74) is 0. The zero-order valence-electron chi connectivity index (χ0n) is 14.1. The number of rotatable bonds is 8. The third kappa shape index (κ3) is 7.49. The molecule has 0 bridgehead atoms. The summed E-state index contributed by atoms with van der Waals surface area (Å²) in [4.78, 5) is 16.6. The fourth-order valence-corrected chi connectivity index (χ4v) is 3.03.